The van der Waals surface area contributed by atoms with Gasteiger partial charge in [0.05, 0.1) is 5.52 Å². The number of nitrogens with zero attached hydrogens (tertiary/aromatic N) is 3. The van der Waals surface area contributed by atoms with E-state index < -0.39 is 0 Å². The minimum absolute atomic E-state index is 0.578. The molecular formula is C14H16ClN3. The third kappa shape index (κ3) is 2.15. The summed E-state index contributed by atoms with van der Waals surface area (Å²) in [6, 6.07) is 8.17. The Morgan fingerprint density at radius 3 is 3.06 bits per heavy atom. The number of benzene rings is 1. The normalized spacial score (nSPS) is 20.3. The fraction of sp³-hybridized carbons (Fsp3) is 0.429. The smallest absolute Gasteiger partial charge is 0.139 e. The van der Waals surface area contributed by atoms with Crippen molar-refractivity contribution in [2.24, 2.45) is 5.92 Å². The molecule has 1 saturated heterocycles. The van der Waals surface area contributed by atoms with Crippen LogP contribution in [0, 0.1) is 5.92 Å². The molecular weight excluding hydrogens is 246 g/mol. The molecule has 18 heavy (non-hydrogen) atoms. The summed E-state index contributed by atoms with van der Waals surface area (Å²) in [5.41, 5.74) is 1.01. The van der Waals surface area contributed by atoms with Gasteiger partial charge in [0, 0.05) is 24.4 Å². The van der Waals surface area contributed by atoms with Gasteiger partial charge < -0.3 is 4.90 Å². The Morgan fingerprint density at radius 2 is 2.17 bits per heavy atom. The summed E-state index contributed by atoms with van der Waals surface area (Å²) in [5.74, 6) is 2.36. The first-order valence-corrected chi connectivity index (χ1v) is 6.92. The highest BCUT2D eigenvalue weighted by atomic mass is 35.5. The predicted octanol–water partition coefficient (Wildman–Crippen LogP) is 3.09. The van der Waals surface area contributed by atoms with E-state index in [4.69, 9.17) is 11.6 Å². The van der Waals surface area contributed by atoms with Crippen molar-refractivity contribution in [3.05, 3.63) is 30.6 Å². The van der Waals surface area contributed by atoms with Crippen molar-refractivity contribution in [1.82, 2.24) is 9.97 Å². The third-order valence-electron chi connectivity index (χ3n) is 3.56. The predicted molar refractivity (Wildman–Crippen MR) is 75.2 cm³/mol. The van der Waals surface area contributed by atoms with E-state index in [-0.39, 0.29) is 0 Å². The zero-order valence-corrected chi connectivity index (χ0v) is 11.0. The maximum Gasteiger partial charge on any atom is 0.139 e. The van der Waals surface area contributed by atoms with E-state index in [2.05, 4.69) is 20.9 Å². The van der Waals surface area contributed by atoms with Crippen molar-refractivity contribution >= 4 is 28.3 Å². The molecule has 1 aromatic carbocycles. The number of fused-ring (bicyclic) bond motifs is 1. The molecule has 0 spiro atoms. The Morgan fingerprint density at radius 1 is 1.28 bits per heavy atom. The molecule has 0 saturated carbocycles. The second-order valence-electron chi connectivity index (χ2n) is 4.82. The van der Waals surface area contributed by atoms with Gasteiger partial charge >= 0.3 is 0 Å². The highest BCUT2D eigenvalue weighted by molar-refractivity contribution is 6.18. The highest BCUT2D eigenvalue weighted by Gasteiger charge is 2.21. The molecule has 4 heteroatoms. The molecule has 0 N–H and O–H groups in total. The maximum absolute atomic E-state index is 5.99. The van der Waals surface area contributed by atoms with Gasteiger partial charge in [-0.25, -0.2) is 9.97 Å². The van der Waals surface area contributed by atoms with Crippen LogP contribution in [0.25, 0.3) is 10.9 Å². The summed E-state index contributed by atoms with van der Waals surface area (Å²) >= 11 is 5.99. The van der Waals surface area contributed by atoms with Crippen LogP contribution in [0.2, 0.25) is 0 Å². The Kier molecular flexibility index (Phi) is 3.33. The molecule has 1 atom stereocenters. The molecule has 0 amide bonds. The lowest BCUT2D eigenvalue weighted by Crippen LogP contribution is -2.36. The van der Waals surface area contributed by atoms with E-state index in [1.54, 1.807) is 6.33 Å². The maximum atomic E-state index is 5.99. The fourth-order valence-corrected chi connectivity index (χ4v) is 2.88. The van der Waals surface area contributed by atoms with Crippen molar-refractivity contribution in [2.45, 2.75) is 12.8 Å². The first-order valence-electron chi connectivity index (χ1n) is 6.39. The van der Waals surface area contributed by atoms with Crippen LogP contribution in [0.15, 0.2) is 30.6 Å². The molecule has 2 heterocycles. The Labute approximate surface area is 112 Å². The molecule has 1 aromatic heterocycles. The van der Waals surface area contributed by atoms with Crippen LogP contribution in [-0.4, -0.2) is 28.9 Å². The van der Waals surface area contributed by atoms with E-state index in [9.17, 15) is 0 Å². The summed E-state index contributed by atoms with van der Waals surface area (Å²) in [6.07, 6.45) is 4.07. The van der Waals surface area contributed by atoms with E-state index in [0.717, 1.165) is 35.7 Å². The van der Waals surface area contributed by atoms with Gasteiger partial charge in [0.15, 0.2) is 0 Å². The second-order valence-corrected chi connectivity index (χ2v) is 5.13. The van der Waals surface area contributed by atoms with Gasteiger partial charge in [0.2, 0.25) is 0 Å². The van der Waals surface area contributed by atoms with Crippen LogP contribution < -0.4 is 4.90 Å². The minimum atomic E-state index is 0.578. The molecule has 3 rings (SSSR count). The lowest BCUT2D eigenvalue weighted by molar-refractivity contribution is 0.449. The number of aromatic nitrogens is 2. The van der Waals surface area contributed by atoms with Gasteiger partial charge in [-0.1, -0.05) is 12.1 Å². The first kappa shape index (κ1) is 11.7. The number of para-hydroxylation sites is 1. The molecule has 1 aliphatic heterocycles. The van der Waals surface area contributed by atoms with Crippen molar-refractivity contribution in [1.29, 1.82) is 0 Å². The van der Waals surface area contributed by atoms with Gasteiger partial charge in [0.25, 0.3) is 0 Å². The molecule has 1 aliphatic rings. The van der Waals surface area contributed by atoms with Gasteiger partial charge in [-0.2, -0.15) is 0 Å². The summed E-state index contributed by atoms with van der Waals surface area (Å²) in [5, 5.41) is 1.13. The number of alkyl halides is 1. The second kappa shape index (κ2) is 5.11. The SMILES string of the molecule is ClCC1CCCN(c2ncnc3ccccc23)C1. The number of piperidine rings is 1. The van der Waals surface area contributed by atoms with Crippen LogP contribution in [0.4, 0.5) is 5.82 Å². The number of hydrogen-bond acceptors (Lipinski definition) is 3. The van der Waals surface area contributed by atoms with Crippen LogP contribution in [0.5, 0.6) is 0 Å². The topological polar surface area (TPSA) is 29.0 Å². The van der Waals surface area contributed by atoms with E-state index in [0.29, 0.717) is 5.92 Å². The van der Waals surface area contributed by atoms with Gasteiger partial charge in [0.1, 0.15) is 12.1 Å². The Bertz CT molecular complexity index is 538. The highest BCUT2D eigenvalue weighted by Crippen LogP contribution is 2.27. The Hall–Kier alpha value is -1.35. The fourth-order valence-electron chi connectivity index (χ4n) is 2.63. The third-order valence-corrected chi connectivity index (χ3v) is 3.99. The summed E-state index contributed by atoms with van der Waals surface area (Å²) in [7, 11) is 0. The van der Waals surface area contributed by atoms with Crippen molar-refractivity contribution in [2.75, 3.05) is 23.9 Å². The van der Waals surface area contributed by atoms with Gasteiger partial charge in [-0.05, 0) is 30.9 Å². The minimum Gasteiger partial charge on any atom is -0.356 e. The lowest BCUT2D eigenvalue weighted by atomic mass is 10.00. The molecule has 0 aliphatic carbocycles. The largest absolute Gasteiger partial charge is 0.356 e. The zero-order chi connectivity index (χ0) is 12.4. The quantitative estimate of drug-likeness (QED) is 0.778. The molecule has 1 unspecified atom stereocenters. The molecule has 94 valence electrons. The molecule has 3 nitrogen and oxygen atoms in total. The average Bonchev–Trinajstić information content (AvgIpc) is 2.47. The summed E-state index contributed by atoms with van der Waals surface area (Å²) < 4.78 is 0. The number of hydrogen-bond donors (Lipinski definition) is 0. The number of rotatable bonds is 2. The lowest BCUT2D eigenvalue weighted by Gasteiger charge is -2.33. The number of halogens is 1. The van der Waals surface area contributed by atoms with Crippen molar-refractivity contribution in [3.8, 4) is 0 Å². The van der Waals surface area contributed by atoms with Crippen molar-refractivity contribution < 1.29 is 0 Å². The van der Waals surface area contributed by atoms with Gasteiger partial charge in [-0.3, -0.25) is 0 Å². The summed E-state index contributed by atoms with van der Waals surface area (Å²) in [4.78, 5) is 11.1. The molecule has 2 aromatic rings. The standard InChI is InChI=1S/C14H16ClN3/c15-8-11-4-3-7-18(9-11)14-12-5-1-2-6-13(12)16-10-17-14/h1-2,5-6,10-11H,3-4,7-9H2. The van der Waals surface area contributed by atoms with Crippen molar-refractivity contribution in [3.63, 3.8) is 0 Å². The molecule has 1 fully saturated rings. The van der Waals surface area contributed by atoms with E-state index in [1.807, 2.05) is 18.2 Å². The van der Waals surface area contributed by atoms with E-state index in [1.165, 1.54) is 12.8 Å². The monoisotopic (exact) mass is 261 g/mol. The van der Waals surface area contributed by atoms with Crippen LogP contribution in [0.1, 0.15) is 12.8 Å². The zero-order valence-electron chi connectivity index (χ0n) is 10.2. The average molecular weight is 262 g/mol. The molecule has 0 radical (unpaired) electrons. The van der Waals surface area contributed by atoms with Gasteiger partial charge in [-0.15, -0.1) is 11.6 Å². The van der Waals surface area contributed by atoms with Crippen LogP contribution in [0.3, 0.4) is 0 Å². The number of anilines is 1. The first-order chi connectivity index (χ1) is 8.88. The summed E-state index contributed by atoms with van der Waals surface area (Å²) in [6.45, 7) is 2.07. The Balaban J connectivity index is 1.98. The van der Waals surface area contributed by atoms with Crippen LogP contribution in [-0.2, 0) is 0 Å². The van der Waals surface area contributed by atoms with Crippen LogP contribution >= 0.6 is 11.6 Å². The van der Waals surface area contributed by atoms with E-state index >= 15 is 0 Å². The molecule has 0 bridgehead atoms.